The van der Waals surface area contributed by atoms with Gasteiger partial charge in [0.15, 0.2) is 5.69 Å². The Hall–Kier alpha value is -2.74. The molecule has 1 fully saturated rings. The van der Waals surface area contributed by atoms with Crippen molar-refractivity contribution in [1.29, 1.82) is 0 Å². The molecular weight excluding hydrogens is 372 g/mol. The Morgan fingerprint density at radius 2 is 2.22 bits per heavy atom. The number of nitrogens with zero attached hydrogens (tertiary/aromatic N) is 2. The Bertz CT molecular complexity index is 839. The fourth-order valence-electron chi connectivity index (χ4n) is 2.94. The van der Waals surface area contributed by atoms with Crippen molar-refractivity contribution >= 4 is 23.4 Å². The predicted molar refractivity (Wildman–Crippen MR) is 99.0 cm³/mol. The van der Waals surface area contributed by atoms with E-state index in [9.17, 15) is 9.59 Å². The summed E-state index contributed by atoms with van der Waals surface area (Å²) < 4.78 is 10.8. The molecule has 0 aliphatic carbocycles. The van der Waals surface area contributed by atoms with Gasteiger partial charge in [-0.05, 0) is 24.6 Å². The van der Waals surface area contributed by atoms with Gasteiger partial charge in [-0.2, -0.15) is 5.10 Å². The van der Waals surface area contributed by atoms with Crippen molar-refractivity contribution in [3.8, 4) is 11.5 Å². The van der Waals surface area contributed by atoms with Crippen LogP contribution in [0.1, 0.15) is 29.5 Å². The summed E-state index contributed by atoms with van der Waals surface area (Å²) in [5.74, 6) is 0.725. The van der Waals surface area contributed by atoms with Crippen LogP contribution in [0, 0.1) is 0 Å². The molecule has 144 valence electrons. The van der Waals surface area contributed by atoms with E-state index in [1.165, 1.54) is 0 Å². The number of ether oxygens (including phenoxy) is 2. The maximum atomic E-state index is 12.7. The third kappa shape index (κ3) is 4.16. The molecule has 1 saturated heterocycles. The normalized spacial score (nSPS) is 16.8. The number of carbonyl (C=O) groups is 2. The monoisotopic (exact) mass is 392 g/mol. The lowest BCUT2D eigenvalue weighted by Crippen LogP contribution is -2.56. The largest absolute Gasteiger partial charge is 0.497 e. The summed E-state index contributed by atoms with van der Waals surface area (Å²) in [5, 5.41) is 10.1. The number of benzene rings is 1. The highest BCUT2D eigenvalue weighted by Crippen LogP contribution is 2.29. The third-order valence-electron chi connectivity index (χ3n) is 4.35. The molecule has 27 heavy (non-hydrogen) atoms. The van der Waals surface area contributed by atoms with Crippen LogP contribution < -0.4 is 14.8 Å². The summed E-state index contributed by atoms with van der Waals surface area (Å²) in [7, 11) is 1.56. The first kappa shape index (κ1) is 19.0. The van der Waals surface area contributed by atoms with Gasteiger partial charge in [0.25, 0.3) is 5.91 Å². The van der Waals surface area contributed by atoms with Crippen molar-refractivity contribution in [2.24, 2.45) is 0 Å². The zero-order valence-electron chi connectivity index (χ0n) is 15.1. The third-order valence-corrected chi connectivity index (χ3v) is 4.65. The zero-order chi connectivity index (χ0) is 19.4. The molecule has 0 bridgehead atoms. The lowest BCUT2D eigenvalue weighted by atomic mass is 10.1. The molecule has 1 atom stereocenters. The van der Waals surface area contributed by atoms with Crippen LogP contribution in [0.3, 0.4) is 0 Å². The lowest BCUT2D eigenvalue weighted by Gasteiger charge is -2.33. The van der Waals surface area contributed by atoms with Gasteiger partial charge in [0.1, 0.15) is 24.1 Å². The second-order valence-corrected chi connectivity index (χ2v) is 6.48. The highest BCUT2D eigenvalue weighted by molar-refractivity contribution is 6.32. The molecule has 2 heterocycles. The smallest absolute Gasteiger partial charge is 0.275 e. The molecule has 2 aromatic rings. The summed E-state index contributed by atoms with van der Waals surface area (Å²) in [6, 6.07) is 6.27. The Labute approximate surface area is 161 Å². The van der Waals surface area contributed by atoms with Crippen LogP contribution in [-0.2, 0) is 11.4 Å². The van der Waals surface area contributed by atoms with Crippen LogP contribution >= 0.6 is 11.6 Å². The topological polar surface area (TPSA) is 96.5 Å². The van der Waals surface area contributed by atoms with E-state index >= 15 is 0 Å². The first-order valence-electron chi connectivity index (χ1n) is 8.62. The van der Waals surface area contributed by atoms with Crippen molar-refractivity contribution in [2.75, 3.05) is 20.2 Å². The maximum Gasteiger partial charge on any atom is 0.275 e. The molecule has 8 nitrogen and oxygen atoms in total. The molecule has 0 radical (unpaired) electrons. The van der Waals surface area contributed by atoms with Gasteiger partial charge in [-0.25, -0.2) is 0 Å². The molecule has 3 rings (SSSR count). The van der Waals surface area contributed by atoms with Crippen molar-refractivity contribution in [1.82, 2.24) is 20.4 Å². The van der Waals surface area contributed by atoms with Crippen LogP contribution in [0.4, 0.5) is 0 Å². The number of halogens is 1. The van der Waals surface area contributed by atoms with Crippen LogP contribution in [-0.4, -0.2) is 53.2 Å². The summed E-state index contributed by atoms with van der Waals surface area (Å²) in [4.78, 5) is 26.2. The molecular formula is C18H21ClN4O4. The van der Waals surface area contributed by atoms with Crippen molar-refractivity contribution in [3.05, 3.63) is 40.7 Å². The predicted octanol–water partition coefficient (Wildman–Crippen LogP) is 2.00. The van der Waals surface area contributed by atoms with Gasteiger partial charge in [-0.3, -0.25) is 14.7 Å². The Morgan fingerprint density at radius 1 is 1.41 bits per heavy atom. The number of amides is 2. The standard InChI is InChI=1S/C18H21ClN4O4/c1-3-15-17(24)20-6-7-23(15)18(25)14-8-11(21-22-14)10-27-16-5-4-12(26-2)9-13(16)19/h4-5,8-9,15H,3,6-7,10H2,1-2H3,(H,20,24)(H,21,22). The van der Waals surface area contributed by atoms with E-state index in [1.54, 1.807) is 36.3 Å². The van der Waals surface area contributed by atoms with E-state index in [0.29, 0.717) is 41.7 Å². The van der Waals surface area contributed by atoms with Crippen molar-refractivity contribution in [3.63, 3.8) is 0 Å². The molecule has 2 amide bonds. The summed E-state index contributed by atoms with van der Waals surface area (Å²) >= 11 is 6.15. The van der Waals surface area contributed by atoms with Gasteiger partial charge in [-0.15, -0.1) is 0 Å². The van der Waals surface area contributed by atoms with E-state index in [0.717, 1.165) is 0 Å². The van der Waals surface area contributed by atoms with Crippen molar-refractivity contribution < 1.29 is 19.1 Å². The van der Waals surface area contributed by atoms with E-state index in [-0.39, 0.29) is 24.1 Å². The zero-order valence-corrected chi connectivity index (χ0v) is 15.9. The fraction of sp³-hybridized carbons (Fsp3) is 0.389. The van der Waals surface area contributed by atoms with E-state index < -0.39 is 6.04 Å². The SMILES string of the molecule is CCC1C(=O)NCCN1C(=O)c1cc(COc2ccc(OC)cc2Cl)[nH]n1. The number of methoxy groups -OCH3 is 1. The minimum Gasteiger partial charge on any atom is -0.497 e. The first-order valence-corrected chi connectivity index (χ1v) is 9.00. The summed E-state index contributed by atoms with van der Waals surface area (Å²) in [5.41, 5.74) is 0.877. The fourth-order valence-corrected chi connectivity index (χ4v) is 3.16. The molecule has 1 unspecified atom stereocenters. The number of piperazine rings is 1. The number of H-pyrrole nitrogens is 1. The highest BCUT2D eigenvalue weighted by Gasteiger charge is 2.33. The number of rotatable bonds is 6. The second kappa shape index (κ2) is 8.30. The number of carbonyl (C=O) groups excluding carboxylic acids is 2. The minimum absolute atomic E-state index is 0.134. The average Bonchev–Trinajstić information content (AvgIpc) is 3.15. The van der Waals surface area contributed by atoms with Crippen LogP contribution in [0.5, 0.6) is 11.5 Å². The molecule has 1 aliphatic rings. The Balaban J connectivity index is 1.66. The first-order chi connectivity index (χ1) is 13.0. The molecule has 1 aromatic carbocycles. The lowest BCUT2D eigenvalue weighted by molar-refractivity contribution is -0.127. The quantitative estimate of drug-likeness (QED) is 0.783. The number of hydrogen-bond acceptors (Lipinski definition) is 5. The molecule has 0 spiro atoms. The number of aromatic amines is 1. The average molecular weight is 393 g/mol. The Kier molecular flexibility index (Phi) is 5.85. The molecule has 2 N–H and O–H groups in total. The van der Waals surface area contributed by atoms with Gasteiger partial charge in [0, 0.05) is 19.2 Å². The molecule has 1 aliphatic heterocycles. The number of aromatic nitrogens is 2. The minimum atomic E-state index is -0.472. The van der Waals surface area contributed by atoms with Gasteiger partial charge in [0.05, 0.1) is 17.8 Å². The summed E-state index contributed by atoms with van der Waals surface area (Å²) in [6.07, 6.45) is 0.550. The molecule has 9 heteroatoms. The van der Waals surface area contributed by atoms with Gasteiger partial charge in [0.2, 0.25) is 5.91 Å². The van der Waals surface area contributed by atoms with Gasteiger partial charge >= 0.3 is 0 Å². The van der Waals surface area contributed by atoms with E-state index in [4.69, 9.17) is 21.1 Å². The van der Waals surface area contributed by atoms with Crippen molar-refractivity contribution in [2.45, 2.75) is 26.0 Å². The second-order valence-electron chi connectivity index (χ2n) is 6.08. The number of nitrogens with one attached hydrogen (secondary N) is 2. The van der Waals surface area contributed by atoms with Crippen LogP contribution in [0.25, 0.3) is 0 Å². The number of hydrogen-bond donors (Lipinski definition) is 2. The Morgan fingerprint density at radius 3 is 2.93 bits per heavy atom. The highest BCUT2D eigenvalue weighted by atomic mass is 35.5. The maximum absolute atomic E-state index is 12.7. The van der Waals surface area contributed by atoms with Crippen LogP contribution in [0.15, 0.2) is 24.3 Å². The van der Waals surface area contributed by atoms with E-state index in [2.05, 4.69) is 15.5 Å². The molecule has 0 saturated carbocycles. The molecule has 1 aromatic heterocycles. The summed E-state index contributed by atoms with van der Waals surface area (Å²) in [6.45, 7) is 2.95. The van der Waals surface area contributed by atoms with Crippen LogP contribution in [0.2, 0.25) is 5.02 Å². The van der Waals surface area contributed by atoms with Gasteiger partial charge in [-0.1, -0.05) is 18.5 Å². The van der Waals surface area contributed by atoms with Gasteiger partial charge < -0.3 is 19.7 Å². The van der Waals surface area contributed by atoms with E-state index in [1.807, 2.05) is 6.92 Å².